The van der Waals surface area contributed by atoms with Gasteiger partial charge in [0.15, 0.2) is 0 Å². The molecular formula is C52H101NO5. The van der Waals surface area contributed by atoms with E-state index in [4.69, 9.17) is 14.2 Å². The van der Waals surface area contributed by atoms with Crippen LogP contribution in [0.1, 0.15) is 259 Å². The van der Waals surface area contributed by atoms with Gasteiger partial charge in [-0.25, -0.2) is 0 Å². The Labute approximate surface area is 362 Å². The van der Waals surface area contributed by atoms with Crippen LogP contribution in [-0.4, -0.2) is 62.9 Å². The molecule has 0 spiro atoms. The minimum atomic E-state index is 0.0177. The Hall–Kier alpha value is -1.14. The largest absolute Gasteiger partial charge is 0.466 e. The van der Waals surface area contributed by atoms with Crippen LogP contribution < -0.4 is 0 Å². The zero-order chi connectivity index (χ0) is 42.0. The predicted octanol–water partition coefficient (Wildman–Crippen LogP) is 15.4. The second kappa shape index (κ2) is 42.5. The third-order valence-corrected chi connectivity index (χ3v) is 13.1. The molecule has 0 atom stereocenters. The molecule has 0 N–H and O–H groups in total. The molecule has 0 aliphatic carbocycles. The maximum absolute atomic E-state index is 12.4. The highest BCUT2D eigenvalue weighted by atomic mass is 16.5. The summed E-state index contributed by atoms with van der Waals surface area (Å²) in [5.74, 6) is 2.32. The fourth-order valence-corrected chi connectivity index (χ4v) is 9.09. The number of carbonyl (C=O) groups is 2. The molecule has 1 aliphatic heterocycles. The van der Waals surface area contributed by atoms with Crippen LogP contribution in [0.2, 0.25) is 0 Å². The van der Waals surface area contributed by atoms with E-state index in [0.717, 1.165) is 82.6 Å². The quantitative estimate of drug-likeness (QED) is 0.0451. The number of morpholine rings is 1. The van der Waals surface area contributed by atoms with Gasteiger partial charge in [0, 0.05) is 25.9 Å². The molecule has 0 unspecified atom stereocenters. The first-order valence-electron chi connectivity index (χ1n) is 26.1. The van der Waals surface area contributed by atoms with E-state index in [0.29, 0.717) is 26.1 Å². The summed E-state index contributed by atoms with van der Waals surface area (Å²) in [6.45, 7) is 15.5. The van der Waals surface area contributed by atoms with Crippen molar-refractivity contribution in [2.45, 2.75) is 259 Å². The molecule has 1 saturated heterocycles. The van der Waals surface area contributed by atoms with Gasteiger partial charge < -0.3 is 14.2 Å². The minimum Gasteiger partial charge on any atom is -0.466 e. The lowest BCUT2D eigenvalue weighted by molar-refractivity contribution is -0.145. The van der Waals surface area contributed by atoms with Crippen LogP contribution in [0.4, 0.5) is 0 Å². The maximum atomic E-state index is 12.4. The third-order valence-electron chi connectivity index (χ3n) is 13.1. The molecular weight excluding hydrogens is 719 g/mol. The molecule has 6 nitrogen and oxygen atoms in total. The second-order valence-corrected chi connectivity index (χ2v) is 18.5. The Morgan fingerprint density at radius 2 is 0.724 bits per heavy atom. The van der Waals surface area contributed by atoms with E-state index in [1.54, 1.807) is 0 Å². The van der Waals surface area contributed by atoms with Crippen LogP contribution in [0.25, 0.3) is 0 Å². The summed E-state index contributed by atoms with van der Waals surface area (Å²) in [7, 11) is 0. The average Bonchev–Trinajstić information content (AvgIpc) is 3.22. The molecule has 0 aromatic heterocycles. The number of carbonyl (C=O) groups excluding carboxylic acids is 2. The van der Waals surface area contributed by atoms with Gasteiger partial charge in [0.05, 0.1) is 26.4 Å². The number of hydrogen-bond donors (Lipinski definition) is 0. The summed E-state index contributed by atoms with van der Waals surface area (Å²) in [5.41, 5.74) is 0. The van der Waals surface area contributed by atoms with Crippen molar-refractivity contribution in [3.8, 4) is 0 Å². The van der Waals surface area contributed by atoms with Crippen LogP contribution >= 0.6 is 0 Å². The number of unbranched alkanes of at least 4 members (excludes halogenated alkanes) is 18. The molecule has 1 heterocycles. The zero-order valence-corrected chi connectivity index (χ0v) is 39.6. The van der Waals surface area contributed by atoms with Gasteiger partial charge in [0.1, 0.15) is 0 Å². The number of esters is 2. The van der Waals surface area contributed by atoms with Crippen molar-refractivity contribution in [3.63, 3.8) is 0 Å². The van der Waals surface area contributed by atoms with Crippen molar-refractivity contribution in [1.29, 1.82) is 0 Å². The fraction of sp³-hybridized carbons (Fsp3) is 0.962. The molecule has 58 heavy (non-hydrogen) atoms. The number of hydrogen-bond acceptors (Lipinski definition) is 6. The highest BCUT2D eigenvalue weighted by molar-refractivity contribution is 5.69. The minimum absolute atomic E-state index is 0.0177. The predicted molar refractivity (Wildman–Crippen MR) is 249 cm³/mol. The van der Waals surface area contributed by atoms with E-state index in [1.807, 2.05) is 0 Å². The standard InChI is InChI=1S/C52H101NO5/c1-5-9-20-30-49(31-21-10-6-2)39-44-57-51(54)37-27-17-13-15-24-34-48(36-26-19-29-41-53-42-46-56-47-43-53)35-25-16-14-18-28-38-52(55)58-45-40-50(32-22-11-7-3)33-23-12-8-4/h48-50H,5-47H2,1-4H3. The first-order valence-corrected chi connectivity index (χ1v) is 26.1. The van der Waals surface area contributed by atoms with Crippen LogP contribution in [-0.2, 0) is 23.8 Å². The Morgan fingerprint density at radius 1 is 0.414 bits per heavy atom. The van der Waals surface area contributed by atoms with E-state index in [-0.39, 0.29) is 11.9 Å². The molecule has 344 valence electrons. The number of nitrogens with zero attached hydrogens (tertiary/aromatic N) is 1. The van der Waals surface area contributed by atoms with E-state index < -0.39 is 0 Å². The molecule has 0 radical (unpaired) electrons. The van der Waals surface area contributed by atoms with E-state index >= 15 is 0 Å². The lowest BCUT2D eigenvalue weighted by atomic mass is 9.89. The van der Waals surface area contributed by atoms with Crippen molar-refractivity contribution in [1.82, 2.24) is 4.90 Å². The Kier molecular flexibility index (Phi) is 40.3. The van der Waals surface area contributed by atoms with Gasteiger partial charge in [-0.1, -0.05) is 214 Å². The molecule has 6 heteroatoms. The Morgan fingerprint density at radius 3 is 1.10 bits per heavy atom. The van der Waals surface area contributed by atoms with Gasteiger partial charge in [-0.3, -0.25) is 14.5 Å². The monoisotopic (exact) mass is 820 g/mol. The summed E-state index contributed by atoms with van der Waals surface area (Å²) in [5, 5.41) is 0. The maximum Gasteiger partial charge on any atom is 0.305 e. The highest BCUT2D eigenvalue weighted by Crippen LogP contribution is 2.26. The van der Waals surface area contributed by atoms with Gasteiger partial charge >= 0.3 is 11.9 Å². The Balaban J connectivity index is 2.27. The van der Waals surface area contributed by atoms with Crippen molar-refractivity contribution in [2.24, 2.45) is 17.8 Å². The van der Waals surface area contributed by atoms with Crippen molar-refractivity contribution >= 4 is 11.9 Å². The molecule has 0 amide bonds. The van der Waals surface area contributed by atoms with E-state index in [9.17, 15) is 9.59 Å². The second-order valence-electron chi connectivity index (χ2n) is 18.5. The average molecular weight is 820 g/mol. The molecule has 0 bridgehead atoms. The van der Waals surface area contributed by atoms with Crippen LogP contribution in [0.15, 0.2) is 0 Å². The first-order chi connectivity index (χ1) is 28.5. The molecule has 1 fully saturated rings. The van der Waals surface area contributed by atoms with Gasteiger partial charge in [0.25, 0.3) is 0 Å². The molecule has 1 rings (SSSR count). The van der Waals surface area contributed by atoms with Crippen molar-refractivity contribution < 1.29 is 23.8 Å². The smallest absolute Gasteiger partial charge is 0.305 e. The molecule has 0 aromatic rings. The SMILES string of the molecule is CCCCCC(CCCCC)CCOC(=O)CCCCCCCC(CCCCCCCC(=O)OCCC(CCCCC)CCCCC)CCCCCN1CCOCC1. The lowest BCUT2D eigenvalue weighted by Gasteiger charge is -2.26. The van der Waals surface area contributed by atoms with Crippen molar-refractivity contribution in [2.75, 3.05) is 46.1 Å². The van der Waals surface area contributed by atoms with Gasteiger partial charge in [-0.15, -0.1) is 0 Å². The van der Waals surface area contributed by atoms with Gasteiger partial charge in [-0.05, 0) is 56.4 Å². The van der Waals surface area contributed by atoms with Gasteiger partial charge in [0.2, 0.25) is 0 Å². The fourth-order valence-electron chi connectivity index (χ4n) is 9.09. The van der Waals surface area contributed by atoms with E-state index in [1.165, 1.54) is 186 Å². The summed E-state index contributed by atoms with van der Waals surface area (Å²) >= 11 is 0. The zero-order valence-electron chi connectivity index (χ0n) is 39.6. The summed E-state index contributed by atoms with van der Waals surface area (Å²) in [4.78, 5) is 27.5. The topological polar surface area (TPSA) is 65.1 Å². The molecule has 0 saturated carbocycles. The van der Waals surface area contributed by atoms with Crippen molar-refractivity contribution in [3.05, 3.63) is 0 Å². The summed E-state index contributed by atoms with van der Waals surface area (Å²) in [6, 6.07) is 0. The van der Waals surface area contributed by atoms with Crippen LogP contribution in [0.5, 0.6) is 0 Å². The number of ether oxygens (including phenoxy) is 3. The van der Waals surface area contributed by atoms with Crippen LogP contribution in [0.3, 0.4) is 0 Å². The first kappa shape index (κ1) is 54.9. The normalized spacial score (nSPS) is 13.6. The van der Waals surface area contributed by atoms with Gasteiger partial charge in [-0.2, -0.15) is 0 Å². The summed E-state index contributed by atoms with van der Waals surface area (Å²) < 4.78 is 16.9. The summed E-state index contributed by atoms with van der Waals surface area (Å²) in [6.07, 6.45) is 44.1. The highest BCUT2D eigenvalue weighted by Gasteiger charge is 2.14. The molecule has 1 aliphatic rings. The lowest BCUT2D eigenvalue weighted by Crippen LogP contribution is -2.36. The van der Waals surface area contributed by atoms with Crippen LogP contribution in [0, 0.1) is 17.8 Å². The Bertz CT molecular complexity index is 800. The molecule has 0 aromatic carbocycles. The third kappa shape index (κ3) is 35.6. The van der Waals surface area contributed by atoms with E-state index in [2.05, 4.69) is 32.6 Å². The number of rotatable bonds is 44.